The number of aromatic nitrogens is 1. The van der Waals surface area contributed by atoms with Crippen LogP contribution in [0.1, 0.15) is 29.8 Å². The molecular weight excluding hydrogens is 376 g/mol. The van der Waals surface area contributed by atoms with E-state index >= 15 is 0 Å². The lowest BCUT2D eigenvalue weighted by Gasteiger charge is -2.10. The molecule has 4 rings (SSSR count). The van der Waals surface area contributed by atoms with E-state index in [2.05, 4.69) is 24.1 Å². The maximum atomic E-state index is 12.7. The molecule has 30 heavy (non-hydrogen) atoms. The number of hydrogen-bond donors (Lipinski definition) is 1. The molecule has 1 aromatic heterocycles. The van der Waals surface area contributed by atoms with Crippen molar-refractivity contribution in [3.63, 3.8) is 0 Å². The van der Waals surface area contributed by atoms with E-state index in [1.54, 1.807) is 12.1 Å². The average molecular weight is 400 g/mol. The van der Waals surface area contributed by atoms with Gasteiger partial charge in [-0.15, -0.1) is 0 Å². The van der Waals surface area contributed by atoms with E-state index in [0.717, 1.165) is 11.1 Å². The van der Waals surface area contributed by atoms with E-state index in [1.165, 1.54) is 0 Å². The van der Waals surface area contributed by atoms with Crippen molar-refractivity contribution in [2.45, 2.75) is 20.8 Å². The molecule has 0 spiro atoms. The molecular formula is C25H24N2O3. The van der Waals surface area contributed by atoms with Gasteiger partial charge in [0.15, 0.2) is 5.58 Å². The molecule has 5 heteroatoms. The van der Waals surface area contributed by atoms with Crippen LogP contribution in [0.4, 0.5) is 5.69 Å². The lowest BCUT2D eigenvalue weighted by atomic mass is 10.1. The molecule has 3 aromatic carbocycles. The highest BCUT2D eigenvalue weighted by Gasteiger charge is 2.12. The third-order valence-corrected chi connectivity index (χ3v) is 4.59. The molecule has 0 atom stereocenters. The Bertz CT molecular complexity index is 1190. The van der Waals surface area contributed by atoms with Crippen LogP contribution < -0.4 is 10.1 Å². The van der Waals surface area contributed by atoms with E-state index in [4.69, 9.17) is 9.15 Å². The minimum atomic E-state index is -0.202. The molecule has 0 radical (unpaired) electrons. The van der Waals surface area contributed by atoms with Crippen LogP contribution in [0.5, 0.6) is 5.75 Å². The topological polar surface area (TPSA) is 64.4 Å². The molecule has 152 valence electrons. The van der Waals surface area contributed by atoms with Crippen molar-refractivity contribution in [3.05, 3.63) is 77.9 Å². The summed E-state index contributed by atoms with van der Waals surface area (Å²) < 4.78 is 11.6. The lowest BCUT2D eigenvalue weighted by molar-refractivity contribution is 0.102. The number of benzene rings is 3. The normalized spacial score (nSPS) is 11.1. The standard InChI is InChI=1S/C25H24N2O3/c1-16(2)15-29-21-9-5-7-18(13-21)24(28)26-20-10-11-23-22(14-20)27-25(30-23)19-8-4-6-17(3)12-19/h4-14,16H,15H2,1-3H3,(H,26,28). The third kappa shape index (κ3) is 4.51. The average Bonchev–Trinajstić information content (AvgIpc) is 3.16. The maximum absolute atomic E-state index is 12.7. The molecule has 0 saturated heterocycles. The first kappa shape index (κ1) is 19.7. The fraction of sp³-hybridized carbons (Fsp3) is 0.200. The van der Waals surface area contributed by atoms with E-state index < -0.39 is 0 Å². The minimum absolute atomic E-state index is 0.202. The molecule has 1 amide bonds. The highest BCUT2D eigenvalue weighted by Crippen LogP contribution is 2.27. The summed E-state index contributed by atoms with van der Waals surface area (Å²) >= 11 is 0. The van der Waals surface area contributed by atoms with E-state index in [9.17, 15) is 4.79 Å². The Labute approximate surface area is 175 Å². The number of nitrogens with one attached hydrogen (secondary N) is 1. The van der Waals surface area contributed by atoms with Gasteiger partial charge >= 0.3 is 0 Å². The van der Waals surface area contributed by atoms with Gasteiger partial charge in [0.2, 0.25) is 5.89 Å². The maximum Gasteiger partial charge on any atom is 0.255 e. The van der Waals surface area contributed by atoms with E-state index in [0.29, 0.717) is 46.5 Å². The molecule has 0 aliphatic rings. The van der Waals surface area contributed by atoms with Crippen LogP contribution in [0.3, 0.4) is 0 Å². The van der Waals surface area contributed by atoms with Gasteiger partial charge < -0.3 is 14.5 Å². The number of hydrogen-bond acceptors (Lipinski definition) is 4. The number of amides is 1. The van der Waals surface area contributed by atoms with Crippen molar-refractivity contribution < 1.29 is 13.9 Å². The Balaban J connectivity index is 1.52. The van der Waals surface area contributed by atoms with Crippen molar-refractivity contribution in [2.24, 2.45) is 5.92 Å². The molecule has 0 saturated carbocycles. The SMILES string of the molecule is Cc1cccc(-c2nc3cc(NC(=O)c4cccc(OCC(C)C)c4)ccc3o2)c1. The zero-order chi connectivity index (χ0) is 21.1. The smallest absolute Gasteiger partial charge is 0.255 e. The summed E-state index contributed by atoms with van der Waals surface area (Å²) in [5, 5.41) is 2.92. The largest absolute Gasteiger partial charge is 0.493 e. The Hall–Kier alpha value is -3.60. The molecule has 1 N–H and O–H groups in total. The second-order valence-electron chi connectivity index (χ2n) is 7.76. The summed E-state index contributed by atoms with van der Waals surface area (Å²) in [6, 6.07) is 20.6. The first-order valence-electron chi connectivity index (χ1n) is 10.00. The second kappa shape index (κ2) is 8.41. The molecule has 0 aliphatic carbocycles. The van der Waals surface area contributed by atoms with Crippen LogP contribution in [-0.4, -0.2) is 17.5 Å². The van der Waals surface area contributed by atoms with Crippen LogP contribution in [0.25, 0.3) is 22.6 Å². The van der Waals surface area contributed by atoms with E-state index in [-0.39, 0.29) is 5.91 Å². The third-order valence-electron chi connectivity index (χ3n) is 4.59. The highest BCUT2D eigenvalue weighted by molar-refractivity contribution is 6.05. The van der Waals surface area contributed by atoms with E-state index in [1.807, 2.05) is 61.5 Å². The Morgan fingerprint density at radius 3 is 2.70 bits per heavy atom. The summed E-state index contributed by atoms with van der Waals surface area (Å²) in [4.78, 5) is 17.3. The monoisotopic (exact) mass is 400 g/mol. The Morgan fingerprint density at radius 2 is 1.90 bits per heavy atom. The number of rotatable bonds is 6. The quantitative estimate of drug-likeness (QED) is 0.425. The van der Waals surface area contributed by atoms with Crippen molar-refractivity contribution in [2.75, 3.05) is 11.9 Å². The number of carbonyl (C=O) groups is 1. The predicted octanol–water partition coefficient (Wildman–Crippen LogP) is 6.09. The number of oxazole rings is 1. The zero-order valence-corrected chi connectivity index (χ0v) is 17.3. The summed E-state index contributed by atoms with van der Waals surface area (Å²) in [6.45, 7) is 6.81. The number of anilines is 1. The van der Waals surface area contributed by atoms with Crippen LogP contribution in [0.15, 0.2) is 71.1 Å². The van der Waals surface area contributed by atoms with Crippen LogP contribution in [0, 0.1) is 12.8 Å². The number of carbonyl (C=O) groups excluding carboxylic acids is 1. The molecule has 0 unspecified atom stereocenters. The zero-order valence-electron chi connectivity index (χ0n) is 17.3. The molecule has 0 aliphatic heterocycles. The van der Waals surface area contributed by atoms with Gasteiger partial charge in [-0.1, -0.05) is 37.6 Å². The molecule has 0 bridgehead atoms. The molecule has 4 aromatic rings. The summed E-state index contributed by atoms with van der Waals surface area (Å²) in [6.07, 6.45) is 0. The predicted molar refractivity (Wildman–Crippen MR) is 119 cm³/mol. The fourth-order valence-electron chi connectivity index (χ4n) is 3.10. The first-order chi connectivity index (χ1) is 14.5. The number of nitrogens with zero attached hydrogens (tertiary/aromatic N) is 1. The van der Waals surface area contributed by atoms with Gasteiger partial charge in [0.25, 0.3) is 5.91 Å². The van der Waals surface area contributed by atoms with Crippen molar-refractivity contribution in [1.29, 1.82) is 0 Å². The molecule has 0 fully saturated rings. The lowest BCUT2D eigenvalue weighted by Crippen LogP contribution is -2.12. The highest BCUT2D eigenvalue weighted by atomic mass is 16.5. The van der Waals surface area contributed by atoms with Gasteiger partial charge in [-0.05, 0) is 61.4 Å². The number of aryl methyl sites for hydroxylation is 1. The number of fused-ring (bicyclic) bond motifs is 1. The Morgan fingerprint density at radius 1 is 1.07 bits per heavy atom. The fourth-order valence-corrected chi connectivity index (χ4v) is 3.10. The molecule has 5 nitrogen and oxygen atoms in total. The van der Waals surface area contributed by atoms with Gasteiger partial charge in [0.05, 0.1) is 6.61 Å². The van der Waals surface area contributed by atoms with Crippen molar-refractivity contribution in [3.8, 4) is 17.2 Å². The Kier molecular flexibility index (Phi) is 5.53. The number of ether oxygens (including phenoxy) is 1. The van der Waals surface area contributed by atoms with Gasteiger partial charge in [-0.3, -0.25) is 4.79 Å². The first-order valence-corrected chi connectivity index (χ1v) is 10.00. The van der Waals surface area contributed by atoms with Crippen molar-refractivity contribution >= 4 is 22.7 Å². The summed E-state index contributed by atoms with van der Waals surface area (Å²) in [5.74, 6) is 1.46. The summed E-state index contributed by atoms with van der Waals surface area (Å²) in [5.41, 5.74) is 4.63. The van der Waals surface area contributed by atoms with Crippen molar-refractivity contribution in [1.82, 2.24) is 4.98 Å². The van der Waals surface area contributed by atoms with Gasteiger partial charge in [-0.2, -0.15) is 0 Å². The van der Waals surface area contributed by atoms with Gasteiger partial charge in [0, 0.05) is 16.8 Å². The summed E-state index contributed by atoms with van der Waals surface area (Å²) in [7, 11) is 0. The van der Waals surface area contributed by atoms with Crippen LogP contribution in [-0.2, 0) is 0 Å². The van der Waals surface area contributed by atoms with Crippen LogP contribution in [0.2, 0.25) is 0 Å². The molecule has 1 heterocycles. The second-order valence-corrected chi connectivity index (χ2v) is 7.76. The van der Waals surface area contributed by atoms with Gasteiger partial charge in [0.1, 0.15) is 11.3 Å². The van der Waals surface area contributed by atoms with Gasteiger partial charge in [-0.25, -0.2) is 4.98 Å². The minimum Gasteiger partial charge on any atom is -0.493 e. The van der Waals surface area contributed by atoms with Crippen LogP contribution >= 0.6 is 0 Å².